The number of carbonyl (C=O) groups is 2. The first-order valence-corrected chi connectivity index (χ1v) is 7.55. The highest BCUT2D eigenvalue weighted by molar-refractivity contribution is 7.12. The van der Waals surface area contributed by atoms with Crippen molar-refractivity contribution < 1.29 is 14.7 Å². The van der Waals surface area contributed by atoms with Crippen LogP contribution in [0.1, 0.15) is 47.3 Å². The van der Waals surface area contributed by atoms with E-state index in [1.807, 2.05) is 18.4 Å². The van der Waals surface area contributed by atoms with Crippen LogP contribution in [0.5, 0.6) is 0 Å². The van der Waals surface area contributed by atoms with Crippen molar-refractivity contribution in [3.63, 3.8) is 0 Å². The lowest BCUT2D eigenvalue weighted by atomic mass is 9.95. The van der Waals surface area contributed by atoms with Crippen molar-refractivity contribution in [3.8, 4) is 0 Å². The third-order valence-corrected chi connectivity index (χ3v) is 4.73. The predicted octanol–water partition coefficient (Wildman–Crippen LogP) is 2.82. The molecule has 1 amide bonds. The molecule has 0 unspecified atom stereocenters. The molecule has 19 heavy (non-hydrogen) atoms. The van der Waals surface area contributed by atoms with Crippen molar-refractivity contribution in [2.45, 2.75) is 45.1 Å². The minimum Gasteiger partial charge on any atom is -0.481 e. The number of rotatable bonds is 3. The zero-order valence-electron chi connectivity index (χ0n) is 11.0. The summed E-state index contributed by atoms with van der Waals surface area (Å²) >= 11 is 1.40. The Morgan fingerprint density at radius 2 is 2.05 bits per heavy atom. The third kappa shape index (κ3) is 3.35. The summed E-state index contributed by atoms with van der Waals surface area (Å²) in [4.78, 5) is 24.2. The summed E-state index contributed by atoms with van der Waals surface area (Å²) in [6, 6.07) is 1.66. The fraction of sp³-hybridized carbons (Fsp3) is 0.571. The van der Waals surface area contributed by atoms with Gasteiger partial charge in [0.1, 0.15) is 0 Å². The van der Waals surface area contributed by atoms with E-state index >= 15 is 0 Å². The fourth-order valence-corrected chi connectivity index (χ4v) is 3.44. The normalized spacial score (nSPS) is 23.6. The monoisotopic (exact) mass is 281 g/mol. The van der Waals surface area contributed by atoms with Gasteiger partial charge in [0.15, 0.2) is 0 Å². The molecule has 1 aliphatic rings. The molecule has 5 heteroatoms. The average molecular weight is 281 g/mol. The molecule has 1 saturated carbocycles. The molecule has 0 saturated heterocycles. The summed E-state index contributed by atoms with van der Waals surface area (Å²) in [5.41, 5.74) is 0.947. The molecule has 0 spiro atoms. The smallest absolute Gasteiger partial charge is 0.308 e. The molecule has 0 bridgehead atoms. The standard InChI is InChI=1S/C14H19NO3S/c1-9-7-8-19-12(9)13(16)15-11-6-4-2-3-5-10(11)14(17)18/h7-8,10-11H,2-6H2,1H3,(H,15,16)(H,17,18)/t10-,11-/m0/s1. The molecule has 104 valence electrons. The molecule has 1 fully saturated rings. The Hall–Kier alpha value is -1.36. The molecule has 1 aromatic heterocycles. The molecule has 2 atom stereocenters. The van der Waals surface area contributed by atoms with Crippen molar-refractivity contribution >= 4 is 23.2 Å². The number of aryl methyl sites for hydroxylation is 1. The van der Waals surface area contributed by atoms with E-state index in [2.05, 4.69) is 5.32 Å². The Morgan fingerprint density at radius 1 is 1.32 bits per heavy atom. The van der Waals surface area contributed by atoms with Crippen LogP contribution in [0.4, 0.5) is 0 Å². The topological polar surface area (TPSA) is 66.4 Å². The van der Waals surface area contributed by atoms with Gasteiger partial charge in [-0.25, -0.2) is 0 Å². The second-order valence-electron chi connectivity index (χ2n) is 5.10. The maximum atomic E-state index is 12.2. The quantitative estimate of drug-likeness (QED) is 0.837. The average Bonchev–Trinajstić information content (AvgIpc) is 2.65. The van der Waals surface area contributed by atoms with Crippen LogP contribution in [-0.4, -0.2) is 23.0 Å². The van der Waals surface area contributed by atoms with Gasteiger partial charge in [-0.1, -0.05) is 19.3 Å². The lowest BCUT2D eigenvalue weighted by Crippen LogP contribution is -2.42. The van der Waals surface area contributed by atoms with Crippen LogP contribution in [0.15, 0.2) is 11.4 Å². The molecule has 0 aromatic carbocycles. The fourth-order valence-electron chi connectivity index (χ4n) is 2.62. The van der Waals surface area contributed by atoms with Gasteiger partial charge in [-0.2, -0.15) is 0 Å². The minimum atomic E-state index is -0.796. The zero-order chi connectivity index (χ0) is 13.8. The molecule has 2 rings (SSSR count). The van der Waals surface area contributed by atoms with E-state index in [1.54, 1.807) is 0 Å². The van der Waals surface area contributed by atoms with Crippen LogP contribution in [-0.2, 0) is 4.79 Å². The first-order valence-electron chi connectivity index (χ1n) is 6.67. The number of amides is 1. The van der Waals surface area contributed by atoms with Gasteiger partial charge in [0.2, 0.25) is 0 Å². The summed E-state index contributed by atoms with van der Waals surface area (Å²) in [7, 11) is 0. The highest BCUT2D eigenvalue weighted by atomic mass is 32.1. The minimum absolute atomic E-state index is 0.134. The van der Waals surface area contributed by atoms with Crippen molar-refractivity contribution in [2.24, 2.45) is 5.92 Å². The van der Waals surface area contributed by atoms with Crippen LogP contribution in [0.3, 0.4) is 0 Å². The van der Waals surface area contributed by atoms with Gasteiger partial charge in [0, 0.05) is 6.04 Å². The molecular weight excluding hydrogens is 262 g/mol. The zero-order valence-corrected chi connectivity index (χ0v) is 11.8. The Morgan fingerprint density at radius 3 is 2.68 bits per heavy atom. The first-order chi connectivity index (χ1) is 9.09. The van der Waals surface area contributed by atoms with Crippen LogP contribution < -0.4 is 5.32 Å². The van der Waals surface area contributed by atoms with E-state index in [0.29, 0.717) is 11.3 Å². The number of aliphatic carboxylic acids is 1. The van der Waals surface area contributed by atoms with E-state index in [-0.39, 0.29) is 11.9 Å². The predicted molar refractivity (Wildman–Crippen MR) is 74.5 cm³/mol. The van der Waals surface area contributed by atoms with E-state index in [4.69, 9.17) is 0 Å². The van der Waals surface area contributed by atoms with Crippen molar-refractivity contribution in [3.05, 3.63) is 21.9 Å². The first kappa shape index (κ1) is 14.1. The summed E-state index contributed by atoms with van der Waals surface area (Å²) in [6.45, 7) is 1.90. The summed E-state index contributed by atoms with van der Waals surface area (Å²) in [6.07, 6.45) is 4.38. The van der Waals surface area contributed by atoms with Gasteiger partial charge in [0.05, 0.1) is 10.8 Å². The summed E-state index contributed by atoms with van der Waals surface area (Å²) in [5, 5.41) is 14.1. The number of carbonyl (C=O) groups excluding carboxylic acids is 1. The van der Waals surface area contributed by atoms with Crippen molar-refractivity contribution in [1.82, 2.24) is 5.32 Å². The Kier molecular flexibility index (Phi) is 4.58. The van der Waals surface area contributed by atoms with Gasteiger partial charge < -0.3 is 10.4 Å². The number of thiophene rings is 1. The highest BCUT2D eigenvalue weighted by Gasteiger charge is 2.31. The third-order valence-electron chi connectivity index (χ3n) is 3.72. The lowest BCUT2D eigenvalue weighted by molar-refractivity contribution is -0.142. The SMILES string of the molecule is Cc1ccsc1C(=O)N[C@H]1CCCCC[C@@H]1C(=O)O. The van der Waals surface area contributed by atoms with E-state index in [9.17, 15) is 14.7 Å². The highest BCUT2D eigenvalue weighted by Crippen LogP contribution is 2.25. The molecule has 4 nitrogen and oxygen atoms in total. The van der Waals surface area contributed by atoms with Gasteiger partial charge in [-0.3, -0.25) is 9.59 Å². The number of carboxylic acid groups (broad SMARTS) is 1. The van der Waals surface area contributed by atoms with Crippen LogP contribution in [0, 0.1) is 12.8 Å². The molecule has 0 radical (unpaired) electrons. The number of hydrogen-bond donors (Lipinski definition) is 2. The van der Waals surface area contributed by atoms with Gasteiger partial charge in [-0.15, -0.1) is 11.3 Å². The van der Waals surface area contributed by atoms with E-state index in [1.165, 1.54) is 11.3 Å². The van der Waals surface area contributed by atoms with Crippen LogP contribution in [0.2, 0.25) is 0 Å². The Bertz CT molecular complexity index is 469. The van der Waals surface area contributed by atoms with Crippen LogP contribution >= 0.6 is 11.3 Å². The largest absolute Gasteiger partial charge is 0.481 e. The van der Waals surface area contributed by atoms with Gasteiger partial charge in [-0.05, 0) is 36.8 Å². The second kappa shape index (κ2) is 6.19. The van der Waals surface area contributed by atoms with E-state index < -0.39 is 11.9 Å². The molecule has 1 aromatic rings. The molecule has 0 aliphatic heterocycles. The van der Waals surface area contributed by atoms with Crippen molar-refractivity contribution in [2.75, 3.05) is 0 Å². The molecule has 1 aliphatic carbocycles. The summed E-state index contributed by atoms with van der Waals surface area (Å²) < 4.78 is 0. The van der Waals surface area contributed by atoms with E-state index in [0.717, 1.165) is 31.2 Å². The van der Waals surface area contributed by atoms with Crippen LogP contribution in [0.25, 0.3) is 0 Å². The molecule has 1 heterocycles. The van der Waals surface area contributed by atoms with Crippen molar-refractivity contribution in [1.29, 1.82) is 0 Å². The van der Waals surface area contributed by atoms with Gasteiger partial charge in [0.25, 0.3) is 5.91 Å². The summed E-state index contributed by atoms with van der Waals surface area (Å²) in [5.74, 6) is -1.38. The Balaban J connectivity index is 2.08. The number of hydrogen-bond acceptors (Lipinski definition) is 3. The maximum Gasteiger partial charge on any atom is 0.308 e. The molecular formula is C14H19NO3S. The molecule has 2 N–H and O–H groups in total. The Labute approximate surface area is 116 Å². The maximum absolute atomic E-state index is 12.2. The second-order valence-corrected chi connectivity index (χ2v) is 6.01. The van der Waals surface area contributed by atoms with Gasteiger partial charge >= 0.3 is 5.97 Å². The lowest BCUT2D eigenvalue weighted by Gasteiger charge is -2.22. The number of nitrogens with one attached hydrogen (secondary N) is 1. The number of carboxylic acids is 1.